The molecule has 0 radical (unpaired) electrons. The summed E-state index contributed by atoms with van der Waals surface area (Å²) in [5, 5.41) is 2.55. The van der Waals surface area contributed by atoms with E-state index in [-0.39, 0.29) is 13.0 Å². The number of amides is 2. The molecule has 2 amide bonds. The van der Waals surface area contributed by atoms with Gasteiger partial charge in [0.05, 0.1) is 12.5 Å². The van der Waals surface area contributed by atoms with Crippen LogP contribution in [0.15, 0.2) is 27.1 Å². The predicted molar refractivity (Wildman–Crippen MR) is 92.7 cm³/mol. The SMILES string of the molecule is CCOC(=O)[C@@H](C)C[C@@H](NC(=O)c1cc(Br)cc(Br)c1)C(N)=O. The largest absolute Gasteiger partial charge is 0.466 e. The molecule has 0 saturated heterocycles. The number of rotatable bonds is 7. The molecule has 0 fully saturated rings. The molecule has 23 heavy (non-hydrogen) atoms. The van der Waals surface area contributed by atoms with Crippen LogP contribution in [0, 0.1) is 5.92 Å². The third-order valence-corrected chi connectivity index (χ3v) is 3.97. The highest BCUT2D eigenvalue weighted by atomic mass is 79.9. The molecule has 0 spiro atoms. The Bertz CT molecular complexity index is 587. The summed E-state index contributed by atoms with van der Waals surface area (Å²) in [6, 6.07) is 4.06. The second-order valence-electron chi connectivity index (χ2n) is 4.98. The Hall–Kier alpha value is -1.41. The molecule has 6 nitrogen and oxygen atoms in total. The Morgan fingerprint density at radius 3 is 2.26 bits per heavy atom. The van der Waals surface area contributed by atoms with Gasteiger partial charge in [0.1, 0.15) is 6.04 Å². The van der Waals surface area contributed by atoms with E-state index >= 15 is 0 Å². The molecule has 8 heteroatoms. The van der Waals surface area contributed by atoms with E-state index in [1.54, 1.807) is 32.0 Å². The van der Waals surface area contributed by atoms with Crippen molar-refractivity contribution in [3.05, 3.63) is 32.7 Å². The molecular weight excluding hydrogens is 432 g/mol. The van der Waals surface area contributed by atoms with Crippen molar-refractivity contribution in [1.82, 2.24) is 5.32 Å². The molecule has 126 valence electrons. The van der Waals surface area contributed by atoms with Crippen molar-refractivity contribution in [3.8, 4) is 0 Å². The fourth-order valence-electron chi connectivity index (χ4n) is 1.91. The minimum atomic E-state index is -0.959. The van der Waals surface area contributed by atoms with Crippen LogP contribution in [0.5, 0.6) is 0 Å². The van der Waals surface area contributed by atoms with Crippen LogP contribution >= 0.6 is 31.9 Å². The number of esters is 1. The normalized spacial score (nSPS) is 13.0. The van der Waals surface area contributed by atoms with Crippen molar-refractivity contribution in [2.24, 2.45) is 11.7 Å². The average molecular weight is 450 g/mol. The lowest BCUT2D eigenvalue weighted by atomic mass is 10.0. The first-order chi connectivity index (χ1) is 10.7. The van der Waals surface area contributed by atoms with E-state index in [0.29, 0.717) is 14.5 Å². The molecule has 0 unspecified atom stereocenters. The number of nitrogens with two attached hydrogens (primary N) is 1. The van der Waals surface area contributed by atoms with E-state index < -0.39 is 29.7 Å². The Kier molecular flexibility index (Phi) is 7.70. The monoisotopic (exact) mass is 448 g/mol. The average Bonchev–Trinajstić information content (AvgIpc) is 2.45. The summed E-state index contributed by atoms with van der Waals surface area (Å²) in [6.45, 7) is 3.57. The molecule has 3 N–H and O–H groups in total. The van der Waals surface area contributed by atoms with Gasteiger partial charge in [-0.2, -0.15) is 0 Å². The standard InChI is InChI=1S/C15H18Br2N2O4/c1-3-23-15(22)8(2)4-12(13(18)20)19-14(21)9-5-10(16)7-11(17)6-9/h5-8,12H,3-4H2,1-2H3,(H2,18,20)(H,19,21)/t8-,12+/m0/s1. The molecule has 0 aliphatic heterocycles. The molecule has 1 rings (SSSR count). The summed E-state index contributed by atoms with van der Waals surface area (Å²) < 4.78 is 6.32. The van der Waals surface area contributed by atoms with Crippen molar-refractivity contribution >= 4 is 49.6 Å². The van der Waals surface area contributed by atoms with Crippen molar-refractivity contribution in [3.63, 3.8) is 0 Å². The molecule has 1 aromatic rings. The van der Waals surface area contributed by atoms with Gasteiger partial charge in [-0.1, -0.05) is 38.8 Å². The number of hydrogen-bond donors (Lipinski definition) is 2. The minimum Gasteiger partial charge on any atom is -0.466 e. The molecule has 1 aromatic carbocycles. The zero-order valence-corrected chi connectivity index (χ0v) is 15.9. The summed E-state index contributed by atoms with van der Waals surface area (Å²) >= 11 is 6.58. The van der Waals surface area contributed by atoms with Crippen molar-refractivity contribution in [1.29, 1.82) is 0 Å². The Morgan fingerprint density at radius 1 is 1.22 bits per heavy atom. The van der Waals surface area contributed by atoms with Crippen LogP contribution in [0.1, 0.15) is 30.6 Å². The fourth-order valence-corrected chi connectivity index (χ4v) is 3.20. The van der Waals surface area contributed by atoms with E-state index in [2.05, 4.69) is 37.2 Å². The zero-order chi connectivity index (χ0) is 17.6. The van der Waals surface area contributed by atoms with Gasteiger partial charge < -0.3 is 15.8 Å². The molecule has 0 aliphatic rings. The highest BCUT2D eigenvalue weighted by Crippen LogP contribution is 2.20. The van der Waals surface area contributed by atoms with E-state index in [1.807, 2.05) is 0 Å². The molecular formula is C15H18Br2N2O4. The lowest BCUT2D eigenvalue weighted by Crippen LogP contribution is -2.46. The van der Waals surface area contributed by atoms with Gasteiger partial charge in [0, 0.05) is 14.5 Å². The van der Waals surface area contributed by atoms with Gasteiger partial charge >= 0.3 is 5.97 Å². The van der Waals surface area contributed by atoms with Gasteiger partial charge in [0.15, 0.2) is 0 Å². The molecule has 0 saturated carbocycles. The van der Waals surface area contributed by atoms with Crippen LogP contribution in [-0.2, 0) is 14.3 Å². The topological polar surface area (TPSA) is 98.5 Å². The quantitative estimate of drug-likeness (QED) is 0.624. The summed E-state index contributed by atoms with van der Waals surface area (Å²) in [6.07, 6.45) is 0.0785. The maximum Gasteiger partial charge on any atom is 0.308 e. The first-order valence-corrected chi connectivity index (χ1v) is 8.56. The first kappa shape index (κ1) is 19.6. The van der Waals surface area contributed by atoms with Gasteiger partial charge in [0.25, 0.3) is 5.91 Å². The highest BCUT2D eigenvalue weighted by Gasteiger charge is 2.25. The Balaban J connectivity index is 2.81. The van der Waals surface area contributed by atoms with Crippen LogP contribution in [0.2, 0.25) is 0 Å². The van der Waals surface area contributed by atoms with Gasteiger partial charge in [-0.05, 0) is 31.5 Å². The Labute approximate surface area is 151 Å². The number of carbonyl (C=O) groups is 3. The van der Waals surface area contributed by atoms with E-state index in [9.17, 15) is 14.4 Å². The third kappa shape index (κ3) is 6.31. The number of nitrogens with one attached hydrogen (secondary N) is 1. The lowest BCUT2D eigenvalue weighted by molar-refractivity contribution is -0.147. The smallest absolute Gasteiger partial charge is 0.308 e. The number of ether oxygens (including phenoxy) is 1. The van der Waals surface area contributed by atoms with E-state index in [4.69, 9.17) is 10.5 Å². The first-order valence-electron chi connectivity index (χ1n) is 6.97. The Morgan fingerprint density at radius 2 is 1.78 bits per heavy atom. The summed E-state index contributed by atoms with van der Waals surface area (Å²) in [5.41, 5.74) is 5.68. The van der Waals surface area contributed by atoms with Crippen molar-refractivity contribution in [2.45, 2.75) is 26.3 Å². The summed E-state index contributed by atoms with van der Waals surface area (Å²) in [5.74, 6) is -2.14. The number of hydrogen-bond acceptors (Lipinski definition) is 4. The number of carbonyl (C=O) groups excluding carboxylic acids is 3. The third-order valence-electron chi connectivity index (χ3n) is 3.05. The second kappa shape index (κ2) is 9.02. The fraction of sp³-hybridized carbons (Fsp3) is 0.400. The number of primary amides is 1. The van der Waals surface area contributed by atoms with Crippen LogP contribution < -0.4 is 11.1 Å². The maximum absolute atomic E-state index is 12.3. The second-order valence-corrected chi connectivity index (χ2v) is 6.81. The highest BCUT2D eigenvalue weighted by molar-refractivity contribution is 9.11. The molecule has 0 aliphatic carbocycles. The predicted octanol–water partition coefficient (Wildman–Crippen LogP) is 2.38. The van der Waals surface area contributed by atoms with Crippen molar-refractivity contribution < 1.29 is 19.1 Å². The van der Waals surface area contributed by atoms with Crippen LogP contribution in [0.4, 0.5) is 0 Å². The van der Waals surface area contributed by atoms with Gasteiger partial charge in [-0.25, -0.2) is 0 Å². The minimum absolute atomic E-state index is 0.0785. The van der Waals surface area contributed by atoms with Gasteiger partial charge in [0.2, 0.25) is 5.91 Å². The molecule has 2 atom stereocenters. The van der Waals surface area contributed by atoms with Gasteiger partial charge in [-0.15, -0.1) is 0 Å². The molecule has 0 bridgehead atoms. The van der Waals surface area contributed by atoms with Gasteiger partial charge in [-0.3, -0.25) is 14.4 Å². The lowest BCUT2D eigenvalue weighted by Gasteiger charge is -2.19. The molecule has 0 aromatic heterocycles. The summed E-state index contributed by atoms with van der Waals surface area (Å²) in [4.78, 5) is 35.5. The van der Waals surface area contributed by atoms with Crippen LogP contribution in [0.25, 0.3) is 0 Å². The van der Waals surface area contributed by atoms with E-state index in [1.165, 1.54) is 0 Å². The van der Waals surface area contributed by atoms with Crippen LogP contribution in [-0.4, -0.2) is 30.4 Å². The number of benzene rings is 1. The zero-order valence-electron chi connectivity index (χ0n) is 12.8. The molecule has 0 heterocycles. The summed E-state index contributed by atoms with van der Waals surface area (Å²) in [7, 11) is 0. The van der Waals surface area contributed by atoms with Crippen LogP contribution in [0.3, 0.4) is 0 Å². The van der Waals surface area contributed by atoms with E-state index in [0.717, 1.165) is 0 Å². The van der Waals surface area contributed by atoms with Crippen molar-refractivity contribution in [2.75, 3.05) is 6.61 Å². The number of halogens is 2. The maximum atomic E-state index is 12.3.